The first kappa shape index (κ1) is 12.3. The molecular formula is C18H13NO. The summed E-state index contributed by atoms with van der Waals surface area (Å²) in [7, 11) is 0. The number of nitrogens with zero attached hydrogens (tertiary/aromatic N) is 1. The van der Waals surface area contributed by atoms with Crippen LogP contribution < -0.4 is 0 Å². The minimum atomic E-state index is -0.349. The highest BCUT2D eigenvalue weighted by Gasteiger charge is 2.27. The summed E-state index contributed by atoms with van der Waals surface area (Å²) in [6.45, 7) is 0. The summed E-state index contributed by atoms with van der Waals surface area (Å²) in [6.07, 6.45) is 3.60. The van der Waals surface area contributed by atoms with Gasteiger partial charge in [0, 0.05) is 5.57 Å². The van der Waals surface area contributed by atoms with Gasteiger partial charge >= 0.3 is 0 Å². The second kappa shape index (κ2) is 5.46. The van der Waals surface area contributed by atoms with E-state index in [9.17, 15) is 5.26 Å². The molecule has 0 fully saturated rings. The highest BCUT2D eigenvalue weighted by atomic mass is 16.5. The van der Waals surface area contributed by atoms with E-state index in [1.165, 1.54) is 0 Å². The minimum Gasteiger partial charge on any atom is -0.467 e. The molecule has 1 aliphatic heterocycles. The van der Waals surface area contributed by atoms with Crippen LogP contribution in [0.3, 0.4) is 0 Å². The molecule has 0 saturated carbocycles. The molecule has 20 heavy (non-hydrogen) atoms. The highest BCUT2D eigenvalue weighted by molar-refractivity contribution is 5.75. The summed E-state index contributed by atoms with van der Waals surface area (Å²) in [5, 5.41) is 9.43. The summed E-state index contributed by atoms with van der Waals surface area (Å²) >= 11 is 0. The molecule has 0 aliphatic carbocycles. The largest absolute Gasteiger partial charge is 0.467 e. The topological polar surface area (TPSA) is 33.0 Å². The Hall–Kier alpha value is -2.79. The second-order valence-electron chi connectivity index (χ2n) is 4.58. The minimum absolute atomic E-state index is 0.349. The molecule has 1 atom stereocenters. The maximum atomic E-state index is 9.43. The highest BCUT2D eigenvalue weighted by Crippen LogP contribution is 2.36. The Labute approximate surface area is 118 Å². The van der Waals surface area contributed by atoms with Crippen molar-refractivity contribution in [2.45, 2.75) is 0 Å². The lowest BCUT2D eigenvalue weighted by atomic mass is 9.94. The molecule has 96 valence electrons. The van der Waals surface area contributed by atoms with E-state index in [1.807, 2.05) is 66.7 Å². The van der Waals surface area contributed by atoms with E-state index in [0.29, 0.717) is 5.76 Å². The van der Waals surface area contributed by atoms with Crippen molar-refractivity contribution in [3.05, 3.63) is 83.8 Å². The summed E-state index contributed by atoms with van der Waals surface area (Å²) in [4.78, 5) is 0. The van der Waals surface area contributed by atoms with Gasteiger partial charge in [0.25, 0.3) is 0 Å². The van der Waals surface area contributed by atoms with Crippen LogP contribution in [0, 0.1) is 17.2 Å². The fraction of sp³-hybridized carbons (Fsp3) is 0.0556. The SMILES string of the molecule is N#CC1C(=Cc2ccccc2)OC=C1c1ccccc1. The van der Waals surface area contributed by atoms with Gasteiger partial charge in [-0.3, -0.25) is 0 Å². The molecule has 0 amide bonds. The number of nitriles is 1. The fourth-order valence-corrected chi connectivity index (χ4v) is 2.25. The number of ether oxygens (including phenoxy) is 1. The van der Waals surface area contributed by atoms with Gasteiger partial charge in [0.15, 0.2) is 0 Å². The molecule has 0 bridgehead atoms. The van der Waals surface area contributed by atoms with Crippen molar-refractivity contribution >= 4 is 11.6 Å². The Bertz CT molecular complexity index is 693. The van der Waals surface area contributed by atoms with Crippen LogP contribution in [0.4, 0.5) is 0 Å². The molecule has 2 aromatic carbocycles. The van der Waals surface area contributed by atoms with E-state index in [-0.39, 0.29) is 5.92 Å². The van der Waals surface area contributed by atoms with Crippen molar-refractivity contribution < 1.29 is 4.74 Å². The fourth-order valence-electron chi connectivity index (χ4n) is 2.25. The summed E-state index contributed by atoms with van der Waals surface area (Å²) in [5.74, 6) is 0.329. The molecule has 1 heterocycles. The number of rotatable bonds is 2. The van der Waals surface area contributed by atoms with E-state index in [1.54, 1.807) is 6.26 Å². The average molecular weight is 259 g/mol. The van der Waals surface area contributed by atoms with Crippen molar-refractivity contribution in [1.82, 2.24) is 0 Å². The van der Waals surface area contributed by atoms with Gasteiger partial charge in [-0.2, -0.15) is 5.26 Å². The van der Waals surface area contributed by atoms with Crippen molar-refractivity contribution in [2.24, 2.45) is 5.92 Å². The third kappa shape index (κ3) is 2.34. The number of benzene rings is 2. The van der Waals surface area contributed by atoms with Crippen LogP contribution in [0.1, 0.15) is 11.1 Å². The molecule has 0 radical (unpaired) electrons. The summed E-state index contributed by atoms with van der Waals surface area (Å²) < 4.78 is 5.60. The summed E-state index contributed by atoms with van der Waals surface area (Å²) in [5.41, 5.74) is 2.97. The molecule has 3 rings (SSSR count). The summed E-state index contributed by atoms with van der Waals surface area (Å²) in [6, 6.07) is 22.1. The van der Waals surface area contributed by atoms with Crippen LogP contribution in [-0.4, -0.2) is 0 Å². The maximum absolute atomic E-state index is 9.43. The van der Waals surface area contributed by atoms with Gasteiger partial charge in [-0.05, 0) is 17.2 Å². The first-order valence-electron chi connectivity index (χ1n) is 6.47. The Morgan fingerprint density at radius 2 is 1.60 bits per heavy atom. The maximum Gasteiger partial charge on any atom is 0.133 e. The Balaban J connectivity index is 1.92. The monoisotopic (exact) mass is 259 g/mol. The van der Waals surface area contributed by atoms with Crippen molar-refractivity contribution in [2.75, 3.05) is 0 Å². The van der Waals surface area contributed by atoms with Crippen LogP contribution in [0.25, 0.3) is 11.6 Å². The molecule has 0 spiro atoms. The first-order valence-corrected chi connectivity index (χ1v) is 6.47. The van der Waals surface area contributed by atoms with Gasteiger partial charge in [0.2, 0.25) is 0 Å². The van der Waals surface area contributed by atoms with Crippen molar-refractivity contribution in [1.29, 1.82) is 5.26 Å². The number of hydrogen-bond donors (Lipinski definition) is 0. The van der Waals surface area contributed by atoms with Gasteiger partial charge in [-0.25, -0.2) is 0 Å². The quantitative estimate of drug-likeness (QED) is 0.808. The Morgan fingerprint density at radius 3 is 2.25 bits per heavy atom. The van der Waals surface area contributed by atoms with Crippen LogP contribution in [0.2, 0.25) is 0 Å². The number of allylic oxidation sites excluding steroid dienone is 1. The van der Waals surface area contributed by atoms with Crippen LogP contribution in [0.5, 0.6) is 0 Å². The van der Waals surface area contributed by atoms with E-state index in [4.69, 9.17) is 4.74 Å². The van der Waals surface area contributed by atoms with E-state index in [0.717, 1.165) is 16.7 Å². The molecule has 0 saturated heterocycles. The molecule has 1 unspecified atom stereocenters. The lowest BCUT2D eigenvalue weighted by molar-refractivity contribution is 0.360. The van der Waals surface area contributed by atoms with E-state index in [2.05, 4.69) is 6.07 Å². The molecule has 2 aromatic rings. The van der Waals surface area contributed by atoms with Gasteiger partial charge in [0.1, 0.15) is 11.7 Å². The molecule has 0 aromatic heterocycles. The first-order chi connectivity index (χ1) is 9.88. The van der Waals surface area contributed by atoms with Crippen LogP contribution >= 0.6 is 0 Å². The van der Waals surface area contributed by atoms with Gasteiger partial charge < -0.3 is 4.74 Å². The van der Waals surface area contributed by atoms with Crippen molar-refractivity contribution in [3.63, 3.8) is 0 Å². The van der Waals surface area contributed by atoms with Gasteiger partial charge in [-0.1, -0.05) is 60.7 Å². The lowest BCUT2D eigenvalue weighted by Gasteiger charge is -2.06. The predicted molar refractivity (Wildman–Crippen MR) is 79.0 cm³/mol. The van der Waals surface area contributed by atoms with E-state index < -0.39 is 0 Å². The average Bonchev–Trinajstić information content (AvgIpc) is 2.92. The Morgan fingerprint density at radius 1 is 0.950 bits per heavy atom. The predicted octanol–water partition coefficient (Wildman–Crippen LogP) is 4.24. The number of hydrogen-bond acceptors (Lipinski definition) is 2. The molecule has 2 nitrogen and oxygen atoms in total. The molecule has 1 aliphatic rings. The smallest absolute Gasteiger partial charge is 0.133 e. The third-order valence-corrected chi connectivity index (χ3v) is 3.26. The zero-order valence-corrected chi connectivity index (χ0v) is 10.9. The van der Waals surface area contributed by atoms with Crippen molar-refractivity contribution in [3.8, 4) is 6.07 Å². The van der Waals surface area contributed by atoms with Crippen LogP contribution in [-0.2, 0) is 4.74 Å². The second-order valence-corrected chi connectivity index (χ2v) is 4.58. The normalized spacial score (nSPS) is 19.2. The zero-order chi connectivity index (χ0) is 13.8. The zero-order valence-electron chi connectivity index (χ0n) is 10.9. The third-order valence-electron chi connectivity index (χ3n) is 3.26. The standard InChI is InChI=1S/C18H13NO/c19-12-16-17(15-9-5-2-6-10-15)13-20-18(16)11-14-7-3-1-4-8-14/h1-11,13,16H. The molecule has 2 heteroatoms. The molecular weight excluding hydrogens is 246 g/mol. The lowest BCUT2D eigenvalue weighted by Crippen LogP contribution is -1.99. The van der Waals surface area contributed by atoms with E-state index >= 15 is 0 Å². The van der Waals surface area contributed by atoms with Gasteiger partial charge in [0.05, 0.1) is 12.3 Å². The van der Waals surface area contributed by atoms with Gasteiger partial charge in [-0.15, -0.1) is 0 Å². The molecule has 0 N–H and O–H groups in total. The Kier molecular flexibility index (Phi) is 3.34. The van der Waals surface area contributed by atoms with Crippen LogP contribution in [0.15, 0.2) is 72.7 Å².